The van der Waals surface area contributed by atoms with E-state index < -0.39 is 5.97 Å². The summed E-state index contributed by atoms with van der Waals surface area (Å²) in [5.41, 5.74) is 1.19. The van der Waals surface area contributed by atoms with Gasteiger partial charge in [0.05, 0.1) is 37.6 Å². The van der Waals surface area contributed by atoms with Crippen molar-refractivity contribution in [1.82, 2.24) is 15.1 Å². The Kier molecular flexibility index (Phi) is 3.21. The van der Waals surface area contributed by atoms with Crippen LogP contribution in [0.4, 0.5) is 0 Å². The average molecular weight is 279 g/mol. The quantitative estimate of drug-likeness (QED) is 0.805. The Balaban J connectivity index is 2.11. The van der Waals surface area contributed by atoms with Crippen LogP contribution < -0.4 is 5.32 Å². The van der Waals surface area contributed by atoms with Crippen LogP contribution >= 0.6 is 0 Å². The zero-order valence-electron chi connectivity index (χ0n) is 11.5. The number of carbonyl (C=O) groups is 2. The smallest absolute Gasteiger partial charge is 0.342 e. The van der Waals surface area contributed by atoms with E-state index in [4.69, 9.17) is 9.47 Å². The van der Waals surface area contributed by atoms with Gasteiger partial charge in [-0.3, -0.25) is 9.48 Å². The lowest BCUT2D eigenvalue weighted by Crippen LogP contribution is -2.47. The molecule has 2 aliphatic heterocycles. The van der Waals surface area contributed by atoms with Gasteiger partial charge in [0.25, 0.3) is 5.91 Å². The predicted octanol–water partition coefficient (Wildman–Crippen LogP) is 0.305. The number of rotatable bonds is 3. The average Bonchev–Trinajstić information content (AvgIpc) is 3.01. The third kappa shape index (κ3) is 1.81. The van der Waals surface area contributed by atoms with Crippen LogP contribution in [0, 0.1) is 0 Å². The molecule has 0 bridgehead atoms. The van der Waals surface area contributed by atoms with Crippen LogP contribution in [-0.2, 0) is 15.9 Å². The summed E-state index contributed by atoms with van der Waals surface area (Å²) >= 11 is 0. The van der Waals surface area contributed by atoms with Crippen molar-refractivity contribution in [3.05, 3.63) is 17.0 Å². The first-order chi connectivity index (χ1) is 9.67. The highest BCUT2D eigenvalue weighted by Gasteiger charge is 2.42. The molecule has 3 heterocycles. The zero-order chi connectivity index (χ0) is 14.3. The Bertz CT molecular complexity index is 566. The third-order valence-electron chi connectivity index (χ3n) is 3.69. The molecule has 1 N–H and O–H groups in total. The fourth-order valence-corrected chi connectivity index (χ4v) is 2.76. The van der Waals surface area contributed by atoms with E-state index >= 15 is 0 Å². The van der Waals surface area contributed by atoms with Crippen molar-refractivity contribution in [2.45, 2.75) is 32.4 Å². The Morgan fingerprint density at radius 3 is 3.00 bits per heavy atom. The Labute approximate surface area is 116 Å². The number of nitrogens with one attached hydrogen (secondary N) is 1. The first-order valence-electron chi connectivity index (χ1n) is 6.84. The summed E-state index contributed by atoms with van der Waals surface area (Å²) in [5, 5.41) is 7.32. The molecule has 1 aromatic heterocycles. The summed E-state index contributed by atoms with van der Waals surface area (Å²) in [6.07, 6.45) is 0.569. The van der Waals surface area contributed by atoms with Crippen LogP contribution in [0.1, 0.15) is 46.4 Å². The van der Waals surface area contributed by atoms with Crippen molar-refractivity contribution in [2.24, 2.45) is 0 Å². The van der Waals surface area contributed by atoms with Gasteiger partial charge in [0.1, 0.15) is 11.3 Å². The van der Waals surface area contributed by atoms with Gasteiger partial charge in [-0.15, -0.1) is 0 Å². The predicted molar refractivity (Wildman–Crippen MR) is 68.7 cm³/mol. The van der Waals surface area contributed by atoms with Crippen molar-refractivity contribution in [2.75, 3.05) is 19.8 Å². The molecule has 0 aromatic carbocycles. The van der Waals surface area contributed by atoms with E-state index in [1.807, 2.05) is 6.92 Å². The van der Waals surface area contributed by atoms with E-state index in [-0.39, 0.29) is 30.2 Å². The minimum atomic E-state index is -0.488. The van der Waals surface area contributed by atoms with Crippen molar-refractivity contribution >= 4 is 11.9 Å². The van der Waals surface area contributed by atoms with E-state index in [0.717, 1.165) is 0 Å². The number of hydrogen-bond donors (Lipinski definition) is 1. The highest BCUT2D eigenvalue weighted by Crippen LogP contribution is 2.29. The van der Waals surface area contributed by atoms with Gasteiger partial charge in [0.15, 0.2) is 0 Å². The Morgan fingerprint density at radius 1 is 1.50 bits per heavy atom. The minimum absolute atomic E-state index is 0.0452. The molecule has 2 atom stereocenters. The molecule has 7 heteroatoms. The molecule has 0 saturated carbocycles. The standard InChI is InChI=1S/C13H17N3O4/c1-3-7-10(13(18)20-4-2)11-12(17)14-8-5-19-6-9(8)16(11)15-7/h8-9H,3-6H2,1-2H3,(H,14,17). The van der Waals surface area contributed by atoms with Crippen LogP contribution in [0.2, 0.25) is 0 Å². The maximum Gasteiger partial charge on any atom is 0.342 e. The van der Waals surface area contributed by atoms with Gasteiger partial charge < -0.3 is 14.8 Å². The Hall–Kier alpha value is -1.89. The van der Waals surface area contributed by atoms with Crippen molar-refractivity contribution in [1.29, 1.82) is 0 Å². The number of amides is 1. The maximum absolute atomic E-state index is 12.3. The number of fused-ring (bicyclic) bond motifs is 3. The van der Waals surface area contributed by atoms with Crippen LogP contribution in [0.15, 0.2) is 0 Å². The molecule has 3 rings (SSSR count). The third-order valence-corrected chi connectivity index (χ3v) is 3.69. The highest BCUT2D eigenvalue weighted by atomic mass is 16.5. The molecule has 2 aliphatic rings. The van der Waals surface area contributed by atoms with E-state index in [1.54, 1.807) is 11.6 Å². The topological polar surface area (TPSA) is 82.5 Å². The molecule has 0 aliphatic carbocycles. The first-order valence-corrected chi connectivity index (χ1v) is 6.84. The number of esters is 1. The summed E-state index contributed by atoms with van der Waals surface area (Å²) in [6, 6.07) is -0.120. The zero-order valence-corrected chi connectivity index (χ0v) is 11.5. The number of ether oxygens (including phenoxy) is 2. The summed E-state index contributed by atoms with van der Waals surface area (Å²) in [5.74, 6) is -0.773. The normalized spacial score (nSPS) is 24.0. The molecule has 108 valence electrons. The van der Waals surface area contributed by atoms with Crippen molar-refractivity contribution in [3.8, 4) is 0 Å². The van der Waals surface area contributed by atoms with Crippen LogP contribution in [0.5, 0.6) is 0 Å². The second-order valence-corrected chi connectivity index (χ2v) is 4.87. The monoisotopic (exact) mass is 279 g/mol. The lowest BCUT2D eigenvalue weighted by molar-refractivity contribution is 0.0519. The number of nitrogens with zero attached hydrogens (tertiary/aromatic N) is 2. The second kappa shape index (κ2) is 4.90. The molecular weight excluding hydrogens is 262 g/mol. The van der Waals surface area contributed by atoms with Crippen molar-refractivity contribution < 1.29 is 19.1 Å². The number of hydrogen-bond acceptors (Lipinski definition) is 5. The number of aryl methyl sites for hydroxylation is 1. The molecule has 0 spiro atoms. The summed E-state index contributed by atoms with van der Waals surface area (Å²) in [4.78, 5) is 24.4. The van der Waals surface area contributed by atoms with Gasteiger partial charge in [-0.1, -0.05) is 6.92 Å². The van der Waals surface area contributed by atoms with Crippen LogP contribution in [0.25, 0.3) is 0 Å². The summed E-state index contributed by atoms with van der Waals surface area (Å²) in [7, 11) is 0. The lowest BCUT2D eigenvalue weighted by Gasteiger charge is -2.26. The van der Waals surface area contributed by atoms with Gasteiger partial charge in [-0.05, 0) is 13.3 Å². The van der Waals surface area contributed by atoms with E-state index in [1.165, 1.54) is 0 Å². The lowest BCUT2D eigenvalue weighted by atomic mass is 10.1. The second-order valence-electron chi connectivity index (χ2n) is 4.87. The molecular formula is C13H17N3O4. The van der Waals surface area contributed by atoms with Crippen molar-refractivity contribution in [3.63, 3.8) is 0 Å². The van der Waals surface area contributed by atoms with Gasteiger partial charge >= 0.3 is 5.97 Å². The molecule has 0 radical (unpaired) electrons. The molecule has 1 aromatic rings. The van der Waals surface area contributed by atoms with Gasteiger partial charge in [-0.2, -0.15) is 5.10 Å². The fraction of sp³-hybridized carbons (Fsp3) is 0.615. The summed E-state index contributed by atoms with van der Waals surface area (Å²) in [6.45, 7) is 4.87. The van der Waals surface area contributed by atoms with E-state index in [0.29, 0.717) is 31.0 Å². The van der Waals surface area contributed by atoms with Gasteiger partial charge in [-0.25, -0.2) is 4.79 Å². The first kappa shape index (κ1) is 13.1. The molecule has 7 nitrogen and oxygen atoms in total. The number of aromatic nitrogens is 2. The maximum atomic E-state index is 12.3. The molecule has 1 amide bonds. The Morgan fingerprint density at radius 2 is 2.30 bits per heavy atom. The SMILES string of the molecule is CCOC(=O)c1c(CC)nn2c1C(=O)NC1COCC12. The molecule has 20 heavy (non-hydrogen) atoms. The van der Waals surface area contributed by atoms with Crippen LogP contribution in [0.3, 0.4) is 0 Å². The van der Waals surface area contributed by atoms with Gasteiger partial charge in [0.2, 0.25) is 0 Å². The molecule has 1 saturated heterocycles. The van der Waals surface area contributed by atoms with E-state index in [2.05, 4.69) is 10.4 Å². The van der Waals surface area contributed by atoms with Gasteiger partial charge in [0, 0.05) is 0 Å². The molecule has 1 fully saturated rings. The highest BCUT2D eigenvalue weighted by molar-refractivity contribution is 6.05. The van der Waals surface area contributed by atoms with E-state index in [9.17, 15) is 9.59 Å². The number of carbonyl (C=O) groups excluding carboxylic acids is 2. The van der Waals surface area contributed by atoms with Crippen LogP contribution in [-0.4, -0.2) is 47.5 Å². The molecule has 2 unspecified atom stereocenters. The fourth-order valence-electron chi connectivity index (χ4n) is 2.76. The summed E-state index contributed by atoms with van der Waals surface area (Å²) < 4.78 is 12.1. The largest absolute Gasteiger partial charge is 0.462 e. The minimum Gasteiger partial charge on any atom is -0.462 e.